The number of furan rings is 1. The van der Waals surface area contributed by atoms with Gasteiger partial charge in [0.15, 0.2) is 0 Å². The number of benzene rings is 1. The van der Waals surface area contributed by atoms with E-state index >= 15 is 0 Å². The van der Waals surface area contributed by atoms with Crippen LogP contribution in [0.25, 0.3) is 0 Å². The summed E-state index contributed by atoms with van der Waals surface area (Å²) in [5.41, 5.74) is 2.63. The molecule has 1 fully saturated rings. The molecular weight excluding hydrogens is 278 g/mol. The number of nitrogens with one attached hydrogen (secondary N) is 1. The molecule has 19 heavy (non-hydrogen) atoms. The van der Waals surface area contributed by atoms with Crippen LogP contribution in [0.3, 0.4) is 0 Å². The fourth-order valence-corrected chi connectivity index (χ4v) is 4.75. The molecule has 1 N–H and O–H groups in total. The van der Waals surface area contributed by atoms with Crippen LogP contribution in [-0.4, -0.2) is 17.4 Å². The molecule has 0 saturated carbocycles. The van der Waals surface area contributed by atoms with Gasteiger partial charge in [-0.05, 0) is 23.8 Å². The molecule has 2 heterocycles. The van der Waals surface area contributed by atoms with Gasteiger partial charge >= 0.3 is 0 Å². The zero-order chi connectivity index (χ0) is 13.1. The van der Waals surface area contributed by atoms with Gasteiger partial charge in [0, 0.05) is 17.2 Å². The average molecular weight is 291 g/mol. The van der Waals surface area contributed by atoms with E-state index in [-0.39, 0.29) is 5.91 Å². The second-order valence-electron chi connectivity index (χ2n) is 4.17. The Bertz CT molecular complexity index is 563. The molecular formula is C14H13NO2S2. The lowest BCUT2D eigenvalue weighted by Gasteiger charge is -2.10. The van der Waals surface area contributed by atoms with Crippen molar-refractivity contribution in [1.29, 1.82) is 0 Å². The lowest BCUT2D eigenvalue weighted by atomic mass is 10.2. The maximum Gasteiger partial charge on any atom is 0.258 e. The van der Waals surface area contributed by atoms with E-state index in [1.165, 1.54) is 29.6 Å². The van der Waals surface area contributed by atoms with E-state index in [1.807, 2.05) is 41.7 Å². The van der Waals surface area contributed by atoms with E-state index in [4.69, 9.17) is 4.42 Å². The zero-order valence-electron chi connectivity index (χ0n) is 10.2. The van der Waals surface area contributed by atoms with Crippen LogP contribution < -0.4 is 5.32 Å². The lowest BCUT2D eigenvalue weighted by molar-refractivity contribution is 0.102. The van der Waals surface area contributed by atoms with Crippen LogP contribution >= 0.6 is 23.5 Å². The van der Waals surface area contributed by atoms with Gasteiger partial charge in [-0.25, -0.2) is 0 Å². The zero-order valence-corrected chi connectivity index (χ0v) is 11.8. The third kappa shape index (κ3) is 2.98. The van der Waals surface area contributed by atoms with Crippen molar-refractivity contribution in [3.05, 3.63) is 54.0 Å². The first-order valence-corrected chi connectivity index (χ1v) is 8.09. The lowest BCUT2D eigenvalue weighted by Crippen LogP contribution is -2.10. The van der Waals surface area contributed by atoms with Gasteiger partial charge in [0.05, 0.1) is 16.4 Å². The molecule has 98 valence electrons. The number of carbonyl (C=O) groups is 1. The van der Waals surface area contributed by atoms with E-state index < -0.39 is 0 Å². The van der Waals surface area contributed by atoms with Crippen LogP contribution in [0.2, 0.25) is 0 Å². The molecule has 1 aromatic carbocycles. The molecule has 1 saturated heterocycles. The SMILES string of the molecule is O=C(Nc1cccc(C2SCCS2)c1)c1ccoc1. The van der Waals surface area contributed by atoms with E-state index in [1.54, 1.807) is 6.07 Å². The Labute approximate surface area is 120 Å². The highest BCUT2D eigenvalue weighted by Crippen LogP contribution is 2.45. The molecule has 2 aromatic rings. The number of carbonyl (C=O) groups excluding carboxylic acids is 1. The second-order valence-corrected chi connectivity index (χ2v) is 6.89. The van der Waals surface area contributed by atoms with Gasteiger partial charge in [0.25, 0.3) is 5.91 Å². The van der Waals surface area contributed by atoms with Crippen LogP contribution in [0.5, 0.6) is 0 Å². The Kier molecular flexibility index (Phi) is 3.84. The fraction of sp³-hybridized carbons (Fsp3) is 0.214. The summed E-state index contributed by atoms with van der Waals surface area (Å²) in [6, 6.07) is 9.71. The van der Waals surface area contributed by atoms with Gasteiger partial charge < -0.3 is 9.73 Å². The standard InChI is InChI=1S/C14H13NO2S2/c16-13(11-4-5-17-9-11)15-12-3-1-2-10(8-12)14-18-6-7-19-14/h1-5,8-9,14H,6-7H2,(H,15,16). The van der Waals surface area contributed by atoms with Crippen molar-refractivity contribution in [3.63, 3.8) is 0 Å². The van der Waals surface area contributed by atoms with Gasteiger partial charge in [-0.1, -0.05) is 12.1 Å². The van der Waals surface area contributed by atoms with E-state index in [2.05, 4.69) is 11.4 Å². The molecule has 0 spiro atoms. The van der Waals surface area contributed by atoms with Crippen molar-refractivity contribution in [3.8, 4) is 0 Å². The average Bonchev–Trinajstić information content (AvgIpc) is 3.13. The van der Waals surface area contributed by atoms with Gasteiger partial charge in [-0.2, -0.15) is 0 Å². The maximum atomic E-state index is 11.9. The summed E-state index contributed by atoms with van der Waals surface area (Å²) in [6.45, 7) is 0. The molecule has 5 heteroatoms. The Hall–Kier alpha value is -1.33. The normalized spacial score (nSPS) is 15.6. The van der Waals surface area contributed by atoms with Crippen LogP contribution in [0.4, 0.5) is 5.69 Å². The molecule has 0 bridgehead atoms. The molecule has 1 aliphatic rings. The molecule has 0 atom stereocenters. The minimum absolute atomic E-state index is 0.141. The first kappa shape index (κ1) is 12.7. The molecule has 1 aromatic heterocycles. The summed E-state index contributed by atoms with van der Waals surface area (Å²) in [7, 11) is 0. The van der Waals surface area contributed by atoms with E-state index in [0.29, 0.717) is 10.1 Å². The second kappa shape index (κ2) is 5.75. The number of hydrogen-bond acceptors (Lipinski definition) is 4. The highest BCUT2D eigenvalue weighted by atomic mass is 32.2. The van der Waals surface area contributed by atoms with Crippen LogP contribution in [0.15, 0.2) is 47.3 Å². The number of amides is 1. The van der Waals surface area contributed by atoms with Gasteiger partial charge in [-0.3, -0.25) is 4.79 Å². The Balaban J connectivity index is 1.74. The fourth-order valence-electron chi connectivity index (χ4n) is 1.91. The summed E-state index contributed by atoms with van der Waals surface area (Å²) in [6.07, 6.45) is 2.94. The topological polar surface area (TPSA) is 42.2 Å². The molecule has 0 radical (unpaired) electrons. The van der Waals surface area contributed by atoms with E-state index in [0.717, 1.165) is 5.69 Å². The van der Waals surface area contributed by atoms with Crippen LogP contribution in [0, 0.1) is 0 Å². The molecule has 1 amide bonds. The maximum absolute atomic E-state index is 11.9. The quantitative estimate of drug-likeness (QED) is 0.927. The third-order valence-electron chi connectivity index (χ3n) is 2.82. The van der Waals surface area contributed by atoms with Crippen LogP contribution in [-0.2, 0) is 0 Å². The minimum Gasteiger partial charge on any atom is -0.472 e. The molecule has 3 nitrogen and oxygen atoms in total. The predicted molar refractivity (Wildman–Crippen MR) is 80.8 cm³/mol. The summed E-state index contributed by atoms with van der Waals surface area (Å²) in [5, 5.41) is 2.89. The van der Waals surface area contributed by atoms with Crippen molar-refractivity contribution in [1.82, 2.24) is 0 Å². The number of hydrogen-bond donors (Lipinski definition) is 1. The molecule has 0 unspecified atom stereocenters. The highest BCUT2D eigenvalue weighted by Gasteiger charge is 2.18. The van der Waals surface area contributed by atoms with Crippen molar-refractivity contribution in [2.45, 2.75) is 4.58 Å². The predicted octanol–water partition coefficient (Wildman–Crippen LogP) is 4.01. The van der Waals surface area contributed by atoms with Gasteiger partial charge in [-0.15, -0.1) is 23.5 Å². The summed E-state index contributed by atoms with van der Waals surface area (Å²) in [4.78, 5) is 11.9. The molecule has 3 rings (SSSR count). The summed E-state index contributed by atoms with van der Waals surface area (Å²) in [5.74, 6) is 2.25. The first-order chi connectivity index (χ1) is 9.33. The smallest absolute Gasteiger partial charge is 0.258 e. The summed E-state index contributed by atoms with van der Waals surface area (Å²) < 4.78 is 5.40. The van der Waals surface area contributed by atoms with Crippen molar-refractivity contribution < 1.29 is 9.21 Å². The summed E-state index contributed by atoms with van der Waals surface area (Å²) >= 11 is 3.91. The highest BCUT2D eigenvalue weighted by molar-refractivity contribution is 8.19. The van der Waals surface area contributed by atoms with E-state index in [9.17, 15) is 4.79 Å². The van der Waals surface area contributed by atoms with Crippen molar-refractivity contribution in [2.75, 3.05) is 16.8 Å². The molecule has 1 aliphatic heterocycles. The monoisotopic (exact) mass is 291 g/mol. The third-order valence-corrected chi connectivity index (χ3v) is 5.93. The largest absolute Gasteiger partial charge is 0.472 e. The van der Waals surface area contributed by atoms with Crippen LogP contribution in [0.1, 0.15) is 20.5 Å². The number of thioether (sulfide) groups is 2. The van der Waals surface area contributed by atoms with Crippen molar-refractivity contribution in [2.24, 2.45) is 0 Å². The number of rotatable bonds is 3. The molecule has 0 aliphatic carbocycles. The minimum atomic E-state index is -0.141. The van der Waals surface area contributed by atoms with Gasteiger partial charge in [0.1, 0.15) is 6.26 Å². The Morgan fingerprint density at radius 2 is 2.11 bits per heavy atom. The van der Waals surface area contributed by atoms with Crippen molar-refractivity contribution >= 4 is 35.1 Å². The van der Waals surface area contributed by atoms with Gasteiger partial charge in [0.2, 0.25) is 0 Å². The Morgan fingerprint density at radius 1 is 1.26 bits per heavy atom. The number of anilines is 1. The Morgan fingerprint density at radius 3 is 2.84 bits per heavy atom. The first-order valence-electron chi connectivity index (χ1n) is 6.00.